The van der Waals surface area contributed by atoms with E-state index in [9.17, 15) is 4.79 Å². The summed E-state index contributed by atoms with van der Waals surface area (Å²) in [4.78, 5) is 16.3. The molecule has 0 aliphatic carbocycles. The SMILES string of the molecule is COc1ccc(CNC(=O)c2cc(-c3ccc(Br)cc3)n[nH]2)cn1. The number of nitrogens with one attached hydrogen (secondary N) is 2. The lowest BCUT2D eigenvalue weighted by molar-refractivity contribution is 0.0946. The Morgan fingerprint density at radius 2 is 2.04 bits per heavy atom. The fourth-order valence-corrected chi connectivity index (χ4v) is 2.38. The maximum Gasteiger partial charge on any atom is 0.269 e. The molecule has 0 unspecified atom stereocenters. The van der Waals surface area contributed by atoms with Crippen molar-refractivity contribution in [2.24, 2.45) is 0 Å². The lowest BCUT2D eigenvalue weighted by atomic mass is 10.1. The summed E-state index contributed by atoms with van der Waals surface area (Å²) >= 11 is 3.39. The van der Waals surface area contributed by atoms with Gasteiger partial charge in [-0.3, -0.25) is 9.89 Å². The summed E-state index contributed by atoms with van der Waals surface area (Å²) in [5.41, 5.74) is 2.96. The molecule has 2 aromatic heterocycles. The molecule has 0 aliphatic rings. The van der Waals surface area contributed by atoms with E-state index in [-0.39, 0.29) is 5.91 Å². The van der Waals surface area contributed by atoms with Gasteiger partial charge < -0.3 is 10.1 Å². The molecular formula is C17H15BrN4O2. The van der Waals surface area contributed by atoms with E-state index in [0.717, 1.165) is 21.3 Å². The van der Waals surface area contributed by atoms with Crippen molar-refractivity contribution in [1.82, 2.24) is 20.5 Å². The van der Waals surface area contributed by atoms with Crippen molar-refractivity contribution in [2.75, 3.05) is 7.11 Å². The fourth-order valence-electron chi connectivity index (χ4n) is 2.12. The zero-order chi connectivity index (χ0) is 16.9. The van der Waals surface area contributed by atoms with Crippen LogP contribution >= 0.6 is 15.9 Å². The molecule has 24 heavy (non-hydrogen) atoms. The third kappa shape index (κ3) is 3.80. The van der Waals surface area contributed by atoms with Crippen LogP contribution in [0.3, 0.4) is 0 Å². The van der Waals surface area contributed by atoms with Gasteiger partial charge in [0, 0.05) is 28.8 Å². The molecule has 7 heteroatoms. The average Bonchev–Trinajstić information content (AvgIpc) is 3.11. The van der Waals surface area contributed by atoms with Crippen LogP contribution in [0.2, 0.25) is 0 Å². The lowest BCUT2D eigenvalue weighted by Gasteiger charge is -2.04. The van der Waals surface area contributed by atoms with E-state index in [1.165, 1.54) is 0 Å². The van der Waals surface area contributed by atoms with E-state index >= 15 is 0 Å². The van der Waals surface area contributed by atoms with Gasteiger partial charge in [-0.25, -0.2) is 4.98 Å². The van der Waals surface area contributed by atoms with Crippen molar-refractivity contribution in [3.8, 4) is 17.1 Å². The molecule has 2 heterocycles. The Morgan fingerprint density at radius 1 is 1.25 bits per heavy atom. The number of carbonyl (C=O) groups excluding carboxylic acids is 1. The van der Waals surface area contributed by atoms with Crippen LogP contribution in [0.15, 0.2) is 53.1 Å². The molecule has 122 valence electrons. The second-order valence-corrected chi connectivity index (χ2v) is 5.98. The van der Waals surface area contributed by atoms with Crippen LogP contribution in [-0.4, -0.2) is 28.2 Å². The number of aromatic nitrogens is 3. The molecular weight excluding hydrogens is 372 g/mol. The van der Waals surface area contributed by atoms with Gasteiger partial charge >= 0.3 is 0 Å². The largest absolute Gasteiger partial charge is 0.481 e. The summed E-state index contributed by atoms with van der Waals surface area (Å²) in [6, 6.07) is 13.1. The molecule has 0 fully saturated rings. The van der Waals surface area contributed by atoms with Gasteiger partial charge in [-0.1, -0.05) is 34.1 Å². The van der Waals surface area contributed by atoms with Gasteiger partial charge in [0.2, 0.25) is 5.88 Å². The molecule has 0 bridgehead atoms. The number of aromatic amines is 1. The first-order chi connectivity index (χ1) is 11.7. The number of hydrogen-bond acceptors (Lipinski definition) is 4. The van der Waals surface area contributed by atoms with E-state index in [2.05, 4.69) is 36.4 Å². The summed E-state index contributed by atoms with van der Waals surface area (Å²) in [5, 5.41) is 9.78. The van der Waals surface area contributed by atoms with Gasteiger partial charge in [-0.05, 0) is 23.8 Å². The number of H-pyrrole nitrogens is 1. The number of amides is 1. The second-order valence-electron chi connectivity index (χ2n) is 5.07. The standard InChI is InChI=1S/C17H15BrN4O2/c1-24-16-7-2-11(9-19-16)10-20-17(23)15-8-14(21-22-15)12-3-5-13(18)6-4-12/h2-9H,10H2,1H3,(H,20,23)(H,21,22). The topological polar surface area (TPSA) is 79.9 Å². The number of rotatable bonds is 5. The third-order valence-electron chi connectivity index (χ3n) is 3.42. The highest BCUT2D eigenvalue weighted by Gasteiger charge is 2.11. The number of hydrogen-bond donors (Lipinski definition) is 2. The predicted molar refractivity (Wildman–Crippen MR) is 93.7 cm³/mol. The van der Waals surface area contributed by atoms with Crippen molar-refractivity contribution in [3.63, 3.8) is 0 Å². The van der Waals surface area contributed by atoms with Crippen LogP contribution in [-0.2, 0) is 6.54 Å². The van der Waals surface area contributed by atoms with Crippen LogP contribution in [0, 0.1) is 0 Å². The molecule has 0 spiro atoms. The van der Waals surface area contributed by atoms with Gasteiger partial charge in [0.15, 0.2) is 0 Å². The van der Waals surface area contributed by atoms with E-state index in [1.54, 1.807) is 25.4 Å². The Balaban J connectivity index is 1.64. The minimum Gasteiger partial charge on any atom is -0.481 e. The predicted octanol–water partition coefficient (Wildman–Crippen LogP) is 3.17. The van der Waals surface area contributed by atoms with Crippen LogP contribution < -0.4 is 10.1 Å². The van der Waals surface area contributed by atoms with E-state index < -0.39 is 0 Å². The van der Waals surface area contributed by atoms with E-state index in [4.69, 9.17) is 4.74 Å². The third-order valence-corrected chi connectivity index (χ3v) is 3.95. The Morgan fingerprint density at radius 3 is 2.71 bits per heavy atom. The average molecular weight is 387 g/mol. The smallest absolute Gasteiger partial charge is 0.269 e. The molecule has 0 atom stereocenters. The molecule has 3 rings (SSSR count). The molecule has 0 saturated carbocycles. The molecule has 0 radical (unpaired) electrons. The van der Waals surface area contributed by atoms with Crippen LogP contribution in [0.25, 0.3) is 11.3 Å². The van der Waals surface area contributed by atoms with Crippen LogP contribution in [0.4, 0.5) is 0 Å². The molecule has 1 amide bonds. The number of carbonyl (C=O) groups is 1. The van der Waals surface area contributed by atoms with Gasteiger partial charge in [-0.15, -0.1) is 0 Å². The normalized spacial score (nSPS) is 10.4. The van der Waals surface area contributed by atoms with E-state index in [1.807, 2.05) is 30.3 Å². The Kier molecular flexibility index (Phi) is 4.90. The first kappa shape index (κ1) is 16.2. The molecule has 6 nitrogen and oxygen atoms in total. The van der Waals surface area contributed by atoms with Gasteiger partial charge in [-0.2, -0.15) is 5.10 Å². The fraction of sp³-hybridized carbons (Fsp3) is 0.118. The Labute approximate surface area is 147 Å². The van der Waals surface area contributed by atoms with Crippen molar-refractivity contribution < 1.29 is 9.53 Å². The molecule has 0 saturated heterocycles. The number of pyridine rings is 1. The highest BCUT2D eigenvalue weighted by atomic mass is 79.9. The first-order valence-electron chi connectivity index (χ1n) is 7.24. The first-order valence-corrected chi connectivity index (χ1v) is 8.03. The summed E-state index contributed by atoms with van der Waals surface area (Å²) in [7, 11) is 1.56. The van der Waals surface area contributed by atoms with Crippen molar-refractivity contribution >= 4 is 21.8 Å². The number of methoxy groups -OCH3 is 1. The summed E-state index contributed by atoms with van der Waals surface area (Å²) in [6.45, 7) is 0.377. The quantitative estimate of drug-likeness (QED) is 0.705. The van der Waals surface area contributed by atoms with Crippen molar-refractivity contribution in [3.05, 3.63) is 64.4 Å². The number of ether oxygens (including phenoxy) is 1. The van der Waals surface area contributed by atoms with Crippen LogP contribution in [0.5, 0.6) is 5.88 Å². The molecule has 1 aromatic carbocycles. The zero-order valence-electron chi connectivity index (χ0n) is 12.9. The highest BCUT2D eigenvalue weighted by molar-refractivity contribution is 9.10. The molecule has 2 N–H and O–H groups in total. The number of benzene rings is 1. The number of halogens is 1. The maximum atomic E-state index is 12.2. The minimum absolute atomic E-state index is 0.221. The van der Waals surface area contributed by atoms with Gasteiger partial charge in [0.05, 0.1) is 12.8 Å². The summed E-state index contributed by atoms with van der Waals surface area (Å²) in [5.74, 6) is 0.319. The minimum atomic E-state index is -0.221. The number of nitrogens with zero attached hydrogens (tertiary/aromatic N) is 2. The second kappa shape index (κ2) is 7.27. The summed E-state index contributed by atoms with van der Waals surface area (Å²) < 4.78 is 5.99. The van der Waals surface area contributed by atoms with Crippen LogP contribution in [0.1, 0.15) is 16.1 Å². The highest BCUT2D eigenvalue weighted by Crippen LogP contribution is 2.20. The lowest BCUT2D eigenvalue weighted by Crippen LogP contribution is -2.23. The zero-order valence-corrected chi connectivity index (χ0v) is 14.5. The molecule has 3 aromatic rings. The monoisotopic (exact) mass is 386 g/mol. The van der Waals surface area contributed by atoms with Gasteiger partial charge in [0.25, 0.3) is 5.91 Å². The molecule has 0 aliphatic heterocycles. The van der Waals surface area contributed by atoms with E-state index in [0.29, 0.717) is 18.1 Å². The van der Waals surface area contributed by atoms with Crippen molar-refractivity contribution in [1.29, 1.82) is 0 Å². The maximum absolute atomic E-state index is 12.2. The summed E-state index contributed by atoms with van der Waals surface area (Å²) in [6.07, 6.45) is 1.67. The van der Waals surface area contributed by atoms with Gasteiger partial charge in [0.1, 0.15) is 5.69 Å². The Bertz CT molecular complexity index is 829. The van der Waals surface area contributed by atoms with Crippen molar-refractivity contribution in [2.45, 2.75) is 6.54 Å². The Hall–Kier alpha value is -2.67.